The van der Waals surface area contributed by atoms with Gasteiger partial charge in [0, 0.05) is 23.7 Å². The van der Waals surface area contributed by atoms with Gasteiger partial charge in [-0.15, -0.1) is 0 Å². The Morgan fingerprint density at radius 1 is 1.05 bits per heavy atom. The van der Waals surface area contributed by atoms with Crippen molar-refractivity contribution < 1.29 is 27.5 Å². The van der Waals surface area contributed by atoms with E-state index in [2.05, 4.69) is 5.32 Å². The lowest BCUT2D eigenvalue weighted by atomic mass is 9.95. The van der Waals surface area contributed by atoms with E-state index in [4.69, 9.17) is 21.1 Å². The maximum absolute atomic E-state index is 13.8. The summed E-state index contributed by atoms with van der Waals surface area (Å²) in [6.45, 7) is 1.24. The largest absolute Gasteiger partial charge is 0.497 e. The Morgan fingerprint density at radius 2 is 1.71 bits per heavy atom. The minimum Gasteiger partial charge on any atom is -0.497 e. The molecule has 11 heteroatoms. The molecule has 1 fully saturated rings. The minimum absolute atomic E-state index is 0.0715. The van der Waals surface area contributed by atoms with Gasteiger partial charge in [0.25, 0.3) is 0 Å². The lowest BCUT2D eigenvalue weighted by Gasteiger charge is -2.33. The molecule has 208 valence electrons. The zero-order valence-corrected chi connectivity index (χ0v) is 23.8. The van der Waals surface area contributed by atoms with Gasteiger partial charge in [0.05, 0.1) is 26.2 Å². The van der Waals surface area contributed by atoms with E-state index in [9.17, 15) is 18.0 Å². The van der Waals surface area contributed by atoms with E-state index in [0.717, 1.165) is 48.2 Å². The Morgan fingerprint density at radius 3 is 2.29 bits per heavy atom. The van der Waals surface area contributed by atoms with E-state index in [1.807, 2.05) is 0 Å². The third-order valence-corrected chi connectivity index (χ3v) is 8.10. The highest BCUT2D eigenvalue weighted by Crippen LogP contribution is 2.33. The molecule has 0 radical (unpaired) electrons. The first kappa shape index (κ1) is 29.6. The number of nitrogens with one attached hydrogen (secondary N) is 1. The van der Waals surface area contributed by atoms with Gasteiger partial charge in [-0.3, -0.25) is 13.9 Å². The predicted molar refractivity (Wildman–Crippen MR) is 148 cm³/mol. The van der Waals surface area contributed by atoms with Crippen LogP contribution in [0, 0.1) is 0 Å². The smallest absolute Gasteiger partial charge is 0.244 e. The average molecular weight is 566 g/mol. The summed E-state index contributed by atoms with van der Waals surface area (Å²) in [4.78, 5) is 28.4. The fraction of sp³-hybridized carbons (Fsp3) is 0.481. The van der Waals surface area contributed by atoms with Crippen LogP contribution in [0.25, 0.3) is 0 Å². The number of nitrogens with zero attached hydrogens (tertiary/aromatic N) is 2. The SMILES string of the molecule is COc1ccc(N(CC(=O)N(Cc2ccc(Cl)cc2)C(C)C(=O)NC2CCCCC2)S(C)(=O)=O)c(OC)c1. The van der Waals surface area contributed by atoms with Crippen LogP contribution in [0.2, 0.25) is 5.02 Å². The minimum atomic E-state index is -3.90. The topological polar surface area (TPSA) is 105 Å². The fourth-order valence-electron chi connectivity index (χ4n) is 4.52. The second-order valence-electron chi connectivity index (χ2n) is 9.48. The van der Waals surface area contributed by atoms with Crippen LogP contribution in [0.4, 0.5) is 5.69 Å². The van der Waals surface area contributed by atoms with Crippen molar-refractivity contribution in [3.05, 3.63) is 53.1 Å². The van der Waals surface area contributed by atoms with Crippen molar-refractivity contribution in [3.63, 3.8) is 0 Å². The highest BCUT2D eigenvalue weighted by atomic mass is 35.5. The van der Waals surface area contributed by atoms with Gasteiger partial charge in [-0.1, -0.05) is 43.0 Å². The van der Waals surface area contributed by atoms with Gasteiger partial charge in [0.2, 0.25) is 21.8 Å². The quantitative estimate of drug-likeness (QED) is 0.442. The van der Waals surface area contributed by atoms with Gasteiger partial charge in [-0.2, -0.15) is 0 Å². The Labute approximate surface area is 230 Å². The van der Waals surface area contributed by atoms with Gasteiger partial charge in [0.15, 0.2) is 0 Å². The molecule has 1 N–H and O–H groups in total. The fourth-order valence-corrected chi connectivity index (χ4v) is 5.50. The number of hydrogen-bond donors (Lipinski definition) is 1. The molecule has 3 rings (SSSR count). The van der Waals surface area contributed by atoms with Crippen LogP contribution in [-0.2, 0) is 26.2 Å². The number of methoxy groups -OCH3 is 2. The number of rotatable bonds is 11. The number of hydrogen-bond acceptors (Lipinski definition) is 6. The van der Waals surface area contributed by atoms with Crippen molar-refractivity contribution in [2.75, 3.05) is 31.3 Å². The van der Waals surface area contributed by atoms with Crippen molar-refractivity contribution in [1.29, 1.82) is 0 Å². The van der Waals surface area contributed by atoms with Gasteiger partial charge in [-0.25, -0.2) is 8.42 Å². The number of sulfonamides is 1. The number of carbonyl (C=O) groups excluding carboxylic acids is 2. The summed E-state index contributed by atoms with van der Waals surface area (Å²) in [6.07, 6.45) is 6.09. The summed E-state index contributed by atoms with van der Waals surface area (Å²) in [5.41, 5.74) is 0.947. The molecule has 2 amide bonds. The van der Waals surface area contributed by atoms with E-state index in [1.165, 1.54) is 25.2 Å². The average Bonchev–Trinajstić information content (AvgIpc) is 2.90. The summed E-state index contributed by atoms with van der Waals surface area (Å²) in [5.74, 6) is -0.0978. The van der Waals surface area contributed by atoms with E-state index in [1.54, 1.807) is 43.3 Å². The van der Waals surface area contributed by atoms with Gasteiger partial charge in [-0.05, 0) is 49.6 Å². The molecule has 1 aliphatic carbocycles. The zero-order valence-electron chi connectivity index (χ0n) is 22.3. The van der Waals surface area contributed by atoms with Crippen molar-refractivity contribution in [2.24, 2.45) is 0 Å². The number of carbonyl (C=O) groups is 2. The number of amides is 2. The molecule has 1 unspecified atom stereocenters. The molecule has 9 nitrogen and oxygen atoms in total. The highest BCUT2D eigenvalue weighted by molar-refractivity contribution is 7.92. The van der Waals surface area contributed by atoms with Crippen LogP contribution in [0.5, 0.6) is 11.5 Å². The zero-order chi connectivity index (χ0) is 27.9. The molecule has 0 spiro atoms. The molecule has 2 aromatic rings. The van der Waals surface area contributed by atoms with Crippen LogP contribution in [-0.4, -0.2) is 64.2 Å². The Hall–Kier alpha value is -2.98. The molecule has 1 aliphatic rings. The highest BCUT2D eigenvalue weighted by Gasteiger charge is 2.32. The predicted octanol–water partition coefficient (Wildman–Crippen LogP) is 3.99. The van der Waals surface area contributed by atoms with E-state index < -0.39 is 28.5 Å². The van der Waals surface area contributed by atoms with Crippen LogP contribution < -0.4 is 19.1 Å². The van der Waals surface area contributed by atoms with Crippen molar-refractivity contribution in [1.82, 2.24) is 10.2 Å². The molecular weight excluding hydrogens is 530 g/mol. The van der Waals surface area contributed by atoms with Crippen LogP contribution >= 0.6 is 11.6 Å². The van der Waals surface area contributed by atoms with Crippen molar-refractivity contribution in [3.8, 4) is 11.5 Å². The first-order chi connectivity index (χ1) is 18.0. The normalized spacial score (nSPS) is 14.9. The first-order valence-electron chi connectivity index (χ1n) is 12.6. The van der Waals surface area contributed by atoms with Gasteiger partial charge >= 0.3 is 0 Å². The molecule has 38 heavy (non-hydrogen) atoms. The first-order valence-corrected chi connectivity index (χ1v) is 14.8. The number of halogens is 1. The van der Waals surface area contributed by atoms with E-state index >= 15 is 0 Å². The second-order valence-corrected chi connectivity index (χ2v) is 11.8. The summed E-state index contributed by atoms with van der Waals surface area (Å²) >= 11 is 6.03. The Kier molecular flexibility index (Phi) is 10.3. The molecule has 0 heterocycles. The molecule has 2 aromatic carbocycles. The molecule has 0 aromatic heterocycles. The Bertz CT molecular complexity index is 1220. The molecule has 1 saturated carbocycles. The van der Waals surface area contributed by atoms with Gasteiger partial charge in [0.1, 0.15) is 24.1 Å². The summed E-state index contributed by atoms with van der Waals surface area (Å²) in [5, 5.41) is 3.62. The third kappa shape index (κ3) is 7.77. The molecule has 0 aliphatic heterocycles. The summed E-state index contributed by atoms with van der Waals surface area (Å²) in [6, 6.07) is 10.9. The van der Waals surface area contributed by atoms with Crippen LogP contribution in [0.1, 0.15) is 44.6 Å². The monoisotopic (exact) mass is 565 g/mol. The number of ether oxygens (including phenoxy) is 2. The third-order valence-electron chi connectivity index (χ3n) is 6.72. The van der Waals surface area contributed by atoms with Crippen molar-refractivity contribution in [2.45, 2.75) is 57.7 Å². The van der Waals surface area contributed by atoms with E-state index in [0.29, 0.717) is 10.8 Å². The molecule has 0 saturated heterocycles. The molecule has 1 atom stereocenters. The maximum atomic E-state index is 13.8. The van der Waals surface area contributed by atoms with Crippen LogP contribution in [0.3, 0.4) is 0 Å². The lowest BCUT2D eigenvalue weighted by Crippen LogP contribution is -2.53. The van der Waals surface area contributed by atoms with Crippen molar-refractivity contribution >= 4 is 39.1 Å². The molecular formula is C27H36ClN3O6S. The van der Waals surface area contributed by atoms with Crippen LogP contribution in [0.15, 0.2) is 42.5 Å². The van der Waals surface area contributed by atoms with E-state index in [-0.39, 0.29) is 29.9 Å². The standard InChI is InChI=1S/C27H36ClN3O6S/c1-19(27(33)29-22-8-6-5-7-9-22)30(17-20-10-12-21(28)13-11-20)26(32)18-31(38(4,34)35)24-15-14-23(36-2)16-25(24)37-3/h10-16,19,22H,5-9,17-18H2,1-4H3,(H,29,33). The maximum Gasteiger partial charge on any atom is 0.244 e. The molecule has 0 bridgehead atoms. The number of benzene rings is 2. The summed E-state index contributed by atoms with van der Waals surface area (Å²) in [7, 11) is -1.00. The summed E-state index contributed by atoms with van der Waals surface area (Å²) < 4.78 is 37.3. The Balaban J connectivity index is 1.91. The number of anilines is 1. The lowest BCUT2D eigenvalue weighted by molar-refractivity contribution is -0.139. The van der Waals surface area contributed by atoms with Gasteiger partial charge < -0.3 is 19.7 Å². The second kappa shape index (κ2) is 13.2.